The predicted octanol–water partition coefficient (Wildman–Crippen LogP) is 5.06. The number of nitrogens with one attached hydrogen (secondary N) is 2. The largest absolute Gasteiger partial charge is 0.348 e. The van der Waals surface area contributed by atoms with E-state index in [9.17, 15) is 0 Å². The molecule has 140 valence electrons. The molecule has 4 nitrogen and oxygen atoms in total. The molecule has 1 fully saturated rings. The third-order valence-corrected chi connectivity index (χ3v) is 5.73. The Kier molecular flexibility index (Phi) is 4.87. The second kappa shape index (κ2) is 7.31. The molecule has 2 heterocycles. The fourth-order valence-corrected chi connectivity index (χ4v) is 4.15. The van der Waals surface area contributed by atoms with Crippen LogP contribution in [0.3, 0.4) is 0 Å². The summed E-state index contributed by atoms with van der Waals surface area (Å²) in [5, 5.41) is 4.24. The van der Waals surface area contributed by atoms with Gasteiger partial charge in [0.25, 0.3) is 0 Å². The van der Waals surface area contributed by atoms with E-state index in [2.05, 4.69) is 72.4 Å². The van der Waals surface area contributed by atoms with E-state index < -0.39 is 0 Å². The lowest BCUT2D eigenvalue weighted by molar-refractivity contribution is 0.307. The van der Waals surface area contributed by atoms with E-state index in [1.54, 1.807) is 0 Å². The highest BCUT2D eigenvalue weighted by Gasteiger charge is 2.25. The number of rotatable bonds is 2. The minimum atomic E-state index is 0.380. The molecule has 1 aliphatic heterocycles. The maximum atomic E-state index is 5.72. The smallest absolute Gasteiger partial charge is 0.173 e. The third kappa shape index (κ3) is 3.83. The van der Waals surface area contributed by atoms with Crippen LogP contribution in [0.4, 0.5) is 5.69 Å². The summed E-state index contributed by atoms with van der Waals surface area (Å²) in [5.41, 5.74) is 7.00. The molecule has 1 aromatic heterocycles. The molecule has 0 radical (unpaired) electrons. The van der Waals surface area contributed by atoms with Gasteiger partial charge in [-0.05, 0) is 75.2 Å². The summed E-state index contributed by atoms with van der Waals surface area (Å²) in [7, 11) is 0. The molecule has 27 heavy (non-hydrogen) atoms. The zero-order chi connectivity index (χ0) is 19.0. The SMILES string of the molecule is Cc1ccc(NC(=S)N2CCC[C@@H](c3nc4ccc(C)cc4[nH]3)C2)c(C)c1. The molecule has 1 atom stereocenters. The van der Waals surface area contributed by atoms with Gasteiger partial charge in [-0.3, -0.25) is 0 Å². The number of likely N-dealkylation sites (tertiary alicyclic amines) is 1. The van der Waals surface area contributed by atoms with E-state index in [0.717, 1.165) is 53.6 Å². The molecule has 0 aliphatic carbocycles. The van der Waals surface area contributed by atoms with E-state index in [1.165, 1.54) is 16.7 Å². The van der Waals surface area contributed by atoms with Crippen LogP contribution in [0.25, 0.3) is 11.0 Å². The van der Waals surface area contributed by atoms with Crippen LogP contribution >= 0.6 is 12.2 Å². The highest BCUT2D eigenvalue weighted by atomic mass is 32.1. The maximum Gasteiger partial charge on any atom is 0.173 e. The van der Waals surface area contributed by atoms with E-state index in [-0.39, 0.29) is 0 Å². The fourth-order valence-electron chi connectivity index (χ4n) is 3.87. The van der Waals surface area contributed by atoms with Crippen LogP contribution in [0.5, 0.6) is 0 Å². The Morgan fingerprint density at radius 1 is 1.15 bits per heavy atom. The minimum absolute atomic E-state index is 0.380. The number of thiocarbonyl (C=S) groups is 1. The van der Waals surface area contributed by atoms with Gasteiger partial charge in [-0.2, -0.15) is 0 Å². The Morgan fingerprint density at radius 2 is 1.93 bits per heavy atom. The molecule has 2 aromatic carbocycles. The summed E-state index contributed by atoms with van der Waals surface area (Å²) in [6, 6.07) is 12.8. The van der Waals surface area contributed by atoms with E-state index >= 15 is 0 Å². The molecule has 0 amide bonds. The average Bonchev–Trinajstić information content (AvgIpc) is 3.07. The van der Waals surface area contributed by atoms with Crippen molar-refractivity contribution in [2.24, 2.45) is 0 Å². The Hall–Kier alpha value is -2.40. The number of aryl methyl sites for hydroxylation is 3. The molecular weight excluding hydrogens is 352 g/mol. The highest BCUT2D eigenvalue weighted by Crippen LogP contribution is 2.28. The molecule has 5 heteroatoms. The summed E-state index contributed by atoms with van der Waals surface area (Å²) in [5.74, 6) is 1.46. The molecule has 0 unspecified atom stereocenters. The quantitative estimate of drug-likeness (QED) is 0.612. The van der Waals surface area contributed by atoms with Crippen LogP contribution in [-0.2, 0) is 0 Å². The molecule has 2 N–H and O–H groups in total. The van der Waals surface area contributed by atoms with Crippen molar-refractivity contribution in [1.82, 2.24) is 14.9 Å². The first-order chi connectivity index (χ1) is 13.0. The van der Waals surface area contributed by atoms with Gasteiger partial charge >= 0.3 is 0 Å². The zero-order valence-electron chi connectivity index (χ0n) is 16.2. The van der Waals surface area contributed by atoms with Crippen molar-refractivity contribution < 1.29 is 0 Å². The van der Waals surface area contributed by atoms with Gasteiger partial charge in [0.05, 0.1) is 11.0 Å². The minimum Gasteiger partial charge on any atom is -0.348 e. The number of H-pyrrole nitrogens is 1. The Bertz CT molecular complexity index is 991. The average molecular weight is 379 g/mol. The van der Waals surface area contributed by atoms with Crippen LogP contribution in [0.2, 0.25) is 0 Å². The van der Waals surface area contributed by atoms with Crippen molar-refractivity contribution in [3.8, 4) is 0 Å². The summed E-state index contributed by atoms with van der Waals surface area (Å²) in [4.78, 5) is 10.6. The summed E-state index contributed by atoms with van der Waals surface area (Å²) >= 11 is 5.72. The number of anilines is 1. The molecule has 0 saturated carbocycles. The predicted molar refractivity (Wildman–Crippen MR) is 117 cm³/mol. The number of aromatic amines is 1. The molecule has 1 aliphatic rings. The number of hydrogen-bond acceptors (Lipinski definition) is 2. The van der Waals surface area contributed by atoms with Crippen molar-refractivity contribution in [1.29, 1.82) is 0 Å². The first-order valence-corrected chi connectivity index (χ1v) is 10.00. The summed E-state index contributed by atoms with van der Waals surface area (Å²) in [6.45, 7) is 8.23. The van der Waals surface area contributed by atoms with Crippen LogP contribution in [0.15, 0.2) is 36.4 Å². The van der Waals surface area contributed by atoms with E-state index in [1.807, 2.05) is 0 Å². The lowest BCUT2D eigenvalue weighted by atomic mass is 9.98. The zero-order valence-corrected chi connectivity index (χ0v) is 17.0. The standard InChI is InChI=1S/C22H26N4S/c1-14-6-8-18(16(3)11-14)25-22(27)26-10-4-5-17(13-26)21-23-19-9-7-15(2)12-20(19)24-21/h6-9,11-12,17H,4-5,10,13H2,1-3H3,(H,23,24)(H,25,27)/t17-/m1/s1. The molecule has 3 aromatic rings. The number of hydrogen-bond donors (Lipinski definition) is 2. The second-order valence-electron chi connectivity index (χ2n) is 7.68. The number of benzene rings is 2. The van der Waals surface area contributed by atoms with Gasteiger partial charge in [0.2, 0.25) is 0 Å². The van der Waals surface area contributed by atoms with Gasteiger partial charge in [-0.15, -0.1) is 0 Å². The lowest BCUT2D eigenvalue weighted by Crippen LogP contribution is -2.41. The topological polar surface area (TPSA) is 44.0 Å². The van der Waals surface area contributed by atoms with Crippen LogP contribution in [0.1, 0.15) is 41.3 Å². The first-order valence-electron chi connectivity index (χ1n) is 9.59. The maximum absolute atomic E-state index is 5.72. The second-order valence-corrected chi connectivity index (χ2v) is 8.06. The van der Waals surface area contributed by atoms with Crippen LogP contribution in [0, 0.1) is 20.8 Å². The fraction of sp³-hybridized carbons (Fsp3) is 0.364. The summed E-state index contributed by atoms with van der Waals surface area (Å²) < 4.78 is 0. The van der Waals surface area contributed by atoms with Gasteiger partial charge in [-0.1, -0.05) is 23.8 Å². The number of fused-ring (bicyclic) bond motifs is 1. The normalized spacial score (nSPS) is 17.3. The number of nitrogens with zero attached hydrogens (tertiary/aromatic N) is 2. The Morgan fingerprint density at radius 3 is 2.74 bits per heavy atom. The molecular formula is C22H26N4S. The monoisotopic (exact) mass is 378 g/mol. The Balaban J connectivity index is 1.49. The Labute approximate surface area is 166 Å². The molecule has 0 spiro atoms. The van der Waals surface area contributed by atoms with Crippen molar-refractivity contribution >= 4 is 34.1 Å². The van der Waals surface area contributed by atoms with Crippen molar-refractivity contribution in [2.75, 3.05) is 18.4 Å². The van der Waals surface area contributed by atoms with Gasteiger partial charge in [0.15, 0.2) is 5.11 Å². The first kappa shape index (κ1) is 18.0. The molecule has 1 saturated heterocycles. The molecule has 0 bridgehead atoms. The third-order valence-electron chi connectivity index (χ3n) is 5.37. The van der Waals surface area contributed by atoms with Gasteiger partial charge in [0, 0.05) is 24.7 Å². The summed E-state index contributed by atoms with van der Waals surface area (Å²) in [6.07, 6.45) is 2.26. The van der Waals surface area contributed by atoms with Crippen molar-refractivity contribution in [3.63, 3.8) is 0 Å². The molecule has 4 rings (SSSR count). The highest BCUT2D eigenvalue weighted by molar-refractivity contribution is 7.80. The van der Waals surface area contributed by atoms with E-state index in [0.29, 0.717) is 5.92 Å². The lowest BCUT2D eigenvalue weighted by Gasteiger charge is -2.34. The number of imidazole rings is 1. The number of aromatic nitrogens is 2. The van der Waals surface area contributed by atoms with Crippen molar-refractivity contribution in [2.45, 2.75) is 39.5 Å². The van der Waals surface area contributed by atoms with E-state index in [4.69, 9.17) is 17.2 Å². The van der Waals surface area contributed by atoms with Gasteiger partial charge < -0.3 is 15.2 Å². The van der Waals surface area contributed by atoms with Gasteiger partial charge in [0.1, 0.15) is 5.82 Å². The van der Waals surface area contributed by atoms with Crippen LogP contribution < -0.4 is 5.32 Å². The number of piperidine rings is 1. The van der Waals surface area contributed by atoms with Crippen molar-refractivity contribution in [3.05, 3.63) is 58.9 Å². The van der Waals surface area contributed by atoms with Gasteiger partial charge in [-0.25, -0.2) is 4.98 Å². The van der Waals surface area contributed by atoms with Crippen LogP contribution in [-0.4, -0.2) is 33.1 Å².